The highest BCUT2D eigenvalue weighted by Gasteiger charge is 2.55. The van der Waals surface area contributed by atoms with Crippen LogP contribution in [-0.4, -0.2) is 38.0 Å². The van der Waals surface area contributed by atoms with E-state index < -0.39 is 0 Å². The molecule has 0 radical (unpaired) electrons. The fraction of sp³-hybridized carbons (Fsp3) is 1.00. The Morgan fingerprint density at radius 2 is 2.11 bits per heavy atom. The lowest BCUT2D eigenvalue weighted by molar-refractivity contribution is -0.175. The van der Waals surface area contributed by atoms with Gasteiger partial charge in [-0.1, -0.05) is 26.2 Å². The Morgan fingerprint density at radius 1 is 1.26 bits per heavy atom. The van der Waals surface area contributed by atoms with Crippen LogP contribution >= 0.6 is 0 Å². The summed E-state index contributed by atoms with van der Waals surface area (Å²) in [7, 11) is 0. The molecule has 2 saturated carbocycles. The Balaban J connectivity index is 1.60. The molecule has 1 heterocycles. The fourth-order valence-corrected chi connectivity index (χ4v) is 4.28. The summed E-state index contributed by atoms with van der Waals surface area (Å²) in [6, 6.07) is 0.708. The first-order valence-electron chi connectivity index (χ1n) is 8.32. The van der Waals surface area contributed by atoms with Crippen molar-refractivity contribution >= 4 is 0 Å². The first-order valence-corrected chi connectivity index (χ1v) is 8.32. The minimum atomic E-state index is 0.371. The summed E-state index contributed by atoms with van der Waals surface area (Å²) < 4.78 is 11.8. The predicted molar refractivity (Wildman–Crippen MR) is 76.3 cm³/mol. The number of hydrogen-bond acceptors (Lipinski definition) is 3. The van der Waals surface area contributed by atoms with E-state index in [4.69, 9.17) is 9.47 Å². The van der Waals surface area contributed by atoms with E-state index in [0.29, 0.717) is 23.7 Å². The molecule has 110 valence electrons. The summed E-state index contributed by atoms with van der Waals surface area (Å²) in [6.07, 6.45) is 11.4. The standard InChI is InChI=1S/C16H29NO2/c1-2-9-17-14-11-15(19-13-6-10-18-12-13)16(14)7-4-3-5-8-16/h13-15,17H,2-12H2,1H3. The van der Waals surface area contributed by atoms with E-state index in [-0.39, 0.29) is 0 Å². The number of nitrogens with one attached hydrogen (secondary N) is 1. The molecule has 0 aromatic carbocycles. The van der Waals surface area contributed by atoms with Crippen molar-refractivity contribution in [2.24, 2.45) is 5.41 Å². The maximum Gasteiger partial charge on any atom is 0.0834 e. The fourth-order valence-electron chi connectivity index (χ4n) is 4.28. The van der Waals surface area contributed by atoms with Crippen LogP contribution in [0.15, 0.2) is 0 Å². The van der Waals surface area contributed by atoms with Crippen molar-refractivity contribution in [2.75, 3.05) is 19.8 Å². The third-order valence-corrected chi connectivity index (χ3v) is 5.45. The highest BCUT2D eigenvalue weighted by atomic mass is 16.6. The maximum absolute atomic E-state index is 6.39. The van der Waals surface area contributed by atoms with Crippen LogP contribution in [-0.2, 0) is 9.47 Å². The first kappa shape index (κ1) is 13.8. The average molecular weight is 267 g/mol. The van der Waals surface area contributed by atoms with Gasteiger partial charge in [-0.3, -0.25) is 0 Å². The highest BCUT2D eigenvalue weighted by Crippen LogP contribution is 2.53. The third-order valence-electron chi connectivity index (χ3n) is 5.45. The second kappa shape index (κ2) is 6.11. The van der Waals surface area contributed by atoms with Gasteiger partial charge in [-0.15, -0.1) is 0 Å². The monoisotopic (exact) mass is 267 g/mol. The van der Waals surface area contributed by atoms with Gasteiger partial charge in [0.2, 0.25) is 0 Å². The Bertz CT molecular complexity index is 282. The largest absolute Gasteiger partial charge is 0.379 e. The zero-order chi connectivity index (χ0) is 13.1. The molecular formula is C16H29NO2. The van der Waals surface area contributed by atoms with Crippen LogP contribution in [0, 0.1) is 5.41 Å². The van der Waals surface area contributed by atoms with Gasteiger partial charge in [0.25, 0.3) is 0 Å². The van der Waals surface area contributed by atoms with Gasteiger partial charge in [-0.05, 0) is 38.6 Å². The first-order chi connectivity index (χ1) is 9.35. The van der Waals surface area contributed by atoms with Crippen molar-refractivity contribution in [3.8, 4) is 0 Å². The van der Waals surface area contributed by atoms with E-state index in [0.717, 1.165) is 26.2 Å². The minimum absolute atomic E-state index is 0.371. The molecule has 1 saturated heterocycles. The van der Waals surface area contributed by atoms with Gasteiger partial charge < -0.3 is 14.8 Å². The van der Waals surface area contributed by atoms with Crippen LogP contribution in [0.4, 0.5) is 0 Å². The maximum atomic E-state index is 6.39. The Morgan fingerprint density at radius 3 is 2.79 bits per heavy atom. The summed E-state index contributed by atoms with van der Waals surface area (Å²) in [6.45, 7) is 5.12. The lowest BCUT2D eigenvalue weighted by Gasteiger charge is -2.58. The Kier molecular flexibility index (Phi) is 4.45. The molecule has 2 aliphatic carbocycles. The summed E-state index contributed by atoms with van der Waals surface area (Å²) in [5.74, 6) is 0. The molecule has 3 heteroatoms. The zero-order valence-electron chi connectivity index (χ0n) is 12.3. The molecule has 0 amide bonds. The molecule has 0 aromatic rings. The highest BCUT2D eigenvalue weighted by molar-refractivity contribution is 5.09. The molecule has 0 bridgehead atoms. The van der Waals surface area contributed by atoms with Crippen molar-refractivity contribution in [1.82, 2.24) is 5.32 Å². The summed E-state index contributed by atoms with van der Waals surface area (Å²) in [5.41, 5.74) is 0.454. The topological polar surface area (TPSA) is 30.5 Å². The van der Waals surface area contributed by atoms with E-state index in [1.807, 2.05) is 0 Å². The van der Waals surface area contributed by atoms with Gasteiger partial charge in [0, 0.05) is 18.1 Å². The van der Waals surface area contributed by atoms with Crippen LogP contribution in [0.5, 0.6) is 0 Å². The van der Waals surface area contributed by atoms with Gasteiger partial charge >= 0.3 is 0 Å². The van der Waals surface area contributed by atoms with E-state index in [2.05, 4.69) is 12.2 Å². The average Bonchev–Trinajstić information content (AvgIpc) is 2.96. The summed E-state index contributed by atoms with van der Waals surface area (Å²) in [5, 5.41) is 3.77. The van der Waals surface area contributed by atoms with E-state index in [1.165, 1.54) is 44.9 Å². The summed E-state index contributed by atoms with van der Waals surface area (Å²) in [4.78, 5) is 0. The van der Waals surface area contributed by atoms with Gasteiger partial charge in [0.15, 0.2) is 0 Å². The van der Waals surface area contributed by atoms with Gasteiger partial charge in [-0.2, -0.15) is 0 Å². The third kappa shape index (κ3) is 2.70. The number of ether oxygens (including phenoxy) is 2. The van der Waals surface area contributed by atoms with E-state index >= 15 is 0 Å². The molecule has 3 aliphatic rings. The van der Waals surface area contributed by atoms with Crippen molar-refractivity contribution in [3.63, 3.8) is 0 Å². The molecule has 3 rings (SSSR count). The Hall–Kier alpha value is -0.120. The van der Waals surface area contributed by atoms with Crippen molar-refractivity contribution < 1.29 is 9.47 Å². The van der Waals surface area contributed by atoms with Gasteiger partial charge in [0.1, 0.15) is 0 Å². The predicted octanol–water partition coefficient (Wildman–Crippen LogP) is 2.88. The van der Waals surface area contributed by atoms with E-state index in [1.54, 1.807) is 0 Å². The van der Waals surface area contributed by atoms with Crippen molar-refractivity contribution in [2.45, 2.75) is 76.5 Å². The van der Waals surface area contributed by atoms with E-state index in [9.17, 15) is 0 Å². The van der Waals surface area contributed by atoms with Crippen LogP contribution in [0.25, 0.3) is 0 Å². The molecular weight excluding hydrogens is 238 g/mol. The molecule has 1 N–H and O–H groups in total. The smallest absolute Gasteiger partial charge is 0.0834 e. The molecule has 3 unspecified atom stereocenters. The summed E-state index contributed by atoms with van der Waals surface area (Å²) >= 11 is 0. The van der Waals surface area contributed by atoms with Crippen LogP contribution in [0.1, 0.15) is 58.3 Å². The molecule has 1 spiro atoms. The lowest BCUT2D eigenvalue weighted by atomic mass is 9.55. The van der Waals surface area contributed by atoms with Crippen LogP contribution in [0.2, 0.25) is 0 Å². The second-order valence-corrected chi connectivity index (χ2v) is 6.65. The Labute approximate surface area is 117 Å². The van der Waals surface area contributed by atoms with Gasteiger partial charge in [0.05, 0.1) is 18.8 Å². The minimum Gasteiger partial charge on any atom is -0.379 e. The molecule has 3 nitrogen and oxygen atoms in total. The molecule has 3 fully saturated rings. The van der Waals surface area contributed by atoms with Crippen molar-refractivity contribution in [1.29, 1.82) is 0 Å². The molecule has 1 aliphatic heterocycles. The molecule has 3 atom stereocenters. The number of rotatable bonds is 5. The van der Waals surface area contributed by atoms with Gasteiger partial charge in [-0.25, -0.2) is 0 Å². The SMILES string of the molecule is CCCNC1CC(OC2CCOC2)C12CCCCC2. The normalized spacial score (nSPS) is 37.4. The second-order valence-electron chi connectivity index (χ2n) is 6.65. The van der Waals surface area contributed by atoms with Crippen LogP contribution < -0.4 is 5.32 Å². The number of hydrogen-bond donors (Lipinski definition) is 1. The van der Waals surface area contributed by atoms with Crippen LogP contribution in [0.3, 0.4) is 0 Å². The lowest BCUT2D eigenvalue weighted by Crippen LogP contribution is -2.65. The molecule has 19 heavy (non-hydrogen) atoms. The zero-order valence-corrected chi connectivity index (χ0v) is 12.3. The molecule has 0 aromatic heterocycles. The quantitative estimate of drug-likeness (QED) is 0.831. The van der Waals surface area contributed by atoms with Crippen molar-refractivity contribution in [3.05, 3.63) is 0 Å².